The van der Waals surface area contributed by atoms with E-state index in [1.54, 1.807) is 0 Å². The molecule has 1 aliphatic rings. The van der Waals surface area contributed by atoms with E-state index in [0.29, 0.717) is 12.8 Å². The van der Waals surface area contributed by atoms with Crippen molar-refractivity contribution in [1.82, 2.24) is 5.32 Å². The highest BCUT2D eigenvalue weighted by Crippen LogP contribution is 2.21. The number of carbonyl (C=O) groups excluding carboxylic acids is 2. The van der Waals surface area contributed by atoms with Crippen LogP contribution in [-0.2, 0) is 9.53 Å². The van der Waals surface area contributed by atoms with Gasteiger partial charge in [-0.15, -0.1) is 0 Å². The van der Waals surface area contributed by atoms with Crippen LogP contribution < -0.4 is 5.32 Å². The lowest BCUT2D eigenvalue weighted by atomic mass is 9.99. The van der Waals surface area contributed by atoms with Crippen LogP contribution in [0.2, 0.25) is 0 Å². The number of carbonyl (C=O) groups is 2. The lowest BCUT2D eigenvalue weighted by molar-refractivity contribution is -0.121. The van der Waals surface area contributed by atoms with Crippen molar-refractivity contribution in [1.29, 1.82) is 0 Å². The van der Waals surface area contributed by atoms with Gasteiger partial charge in [-0.05, 0) is 33.6 Å². The average molecular weight is 253 g/mol. The Hall–Kier alpha value is -1.32. The summed E-state index contributed by atoms with van der Waals surface area (Å²) < 4.78 is 5.17. The summed E-state index contributed by atoms with van der Waals surface area (Å²) >= 11 is 0. The number of ether oxygens (including phenoxy) is 1. The summed E-state index contributed by atoms with van der Waals surface area (Å²) in [6.07, 6.45) is 5.46. The van der Waals surface area contributed by atoms with E-state index in [1.165, 1.54) is 0 Å². The molecule has 1 N–H and O–H groups in total. The molecule has 18 heavy (non-hydrogen) atoms. The average Bonchev–Trinajstić information content (AvgIpc) is 2.63. The van der Waals surface area contributed by atoms with E-state index in [0.717, 1.165) is 6.42 Å². The molecule has 1 aliphatic carbocycles. The first-order valence-electron chi connectivity index (χ1n) is 6.52. The van der Waals surface area contributed by atoms with Crippen LogP contribution in [0.1, 0.15) is 47.0 Å². The first-order valence-corrected chi connectivity index (χ1v) is 6.52. The van der Waals surface area contributed by atoms with Gasteiger partial charge in [0.1, 0.15) is 11.4 Å². The number of Topliss-reactive ketones (excluding diaryl/α,β-unsaturated/α-hetero) is 1. The number of alkyl carbamates (subject to hydrolysis) is 1. The highest BCUT2D eigenvalue weighted by atomic mass is 16.6. The fourth-order valence-electron chi connectivity index (χ4n) is 1.94. The zero-order valence-corrected chi connectivity index (χ0v) is 11.7. The second kappa shape index (κ2) is 6.03. The maximum Gasteiger partial charge on any atom is 0.408 e. The molecular formula is C14H23NO3. The Morgan fingerprint density at radius 1 is 1.33 bits per heavy atom. The van der Waals surface area contributed by atoms with Crippen molar-refractivity contribution in [2.24, 2.45) is 5.92 Å². The summed E-state index contributed by atoms with van der Waals surface area (Å²) in [5, 5.41) is 2.76. The van der Waals surface area contributed by atoms with Gasteiger partial charge in [0.2, 0.25) is 0 Å². The third-order valence-electron chi connectivity index (χ3n) is 2.70. The first-order chi connectivity index (χ1) is 8.31. The van der Waals surface area contributed by atoms with Crippen molar-refractivity contribution in [3.63, 3.8) is 0 Å². The van der Waals surface area contributed by atoms with Gasteiger partial charge in [-0.3, -0.25) is 4.79 Å². The van der Waals surface area contributed by atoms with Crippen molar-refractivity contribution in [3.05, 3.63) is 12.2 Å². The predicted molar refractivity (Wildman–Crippen MR) is 70.3 cm³/mol. The molecule has 0 aliphatic heterocycles. The SMILES string of the molecule is CCCC(=O)C1C=CC(NC(=O)OC(C)(C)C)C1. The number of hydrogen-bond donors (Lipinski definition) is 1. The second-order valence-corrected chi connectivity index (χ2v) is 5.70. The van der Waals surface area contributed by atoms with Crippen molar-refractivity contribution in [2.75, 3.05) is 0 Å². The Labute approximate surface area is 109 Å². The molecule has 0 saturated carbocycles. The predicted octanol–water partition coefficient (Wildman–Crippen LogP) is 2.83. The lowest BCUT2D eigenvalue weighted by Gasteiger charge is -2.21. The van der Waals surface area contributed by atoms with Gasteiger partial charge in [-0.1, -0.05) is 19.1 Å². The number of hydrogen-bond acceptors (Lipinski definition) is 3. The summed E-state index contributed by atoms with van der Waals surface area (Å²) in [5.41, 5.74) is -0.496. The molecule has 1 amide bonds. The Morgan fingerprint density at radius 3 is 2.56 bits per heavy atom. The normalized spacial score (nSPS) is 22.9. The molecule has 0 spiro atoms. The minimum atomic E-state index is -0.496. The summed E-state index contributed by atoms with van der Waals surface area (Å²) in [4.78, 5) is 23.3. The Bertz CT molecular complexity index is 341. The molecule has 4 heteroatoms. The minimum Gasteiger partial charge on any atom is -0.444 e. The van der Waals surface area contributed by atoms with E-state index in [4.69, 9.17) is 4.74 Å². The molecule has 4 nitrogen and oxygen atoms in total. The first kappa shape index (κ1) is 14.7. The van der Waals surface area contributed by atoms with Crippen LogP contribution in [-0.4, -0.2) is 23.5 Å². The topological polar surface area (TPSA) is 55.4 Å². The molecule has 2 unspecified atom stereocenters. The maximum atomic E-state index is 11.7. The standard InChI is InChI=1S/C14H23NO3/c1-5-6-12(16)10-7-8-11(9-10)15-13(17)18-14(2,3)4/h7-8,10-11H,5-6,9H2,1-4H3,(H,15,17). The van der Waals surface area contributed by atoms with Gasteiger partial charge >= 0.3 is 6.09 Å². The zero-order valence-electron chi connectivity index (χ0n) is 11.7. The maximum absolute atomic E-state index is 11.7. The van der Waals surface area contributed by atoms with Crippen molar-refractivity contribution in [3.8, 4) is 0 Å². The fourth-order valence-corrected chi connectivity index (χ4v) is 1.94. The minimum absolute atomic E-state index is 0.0510. The molecule has 0 saturated heterocycles. The fraction of sp³-hybridized carbons (Fsp3) is 0.714. The zero-order chi connectivity index (χ0) is 13.8. The smallest absolute Gasteiger partial charge is 0.408 e. The number of ketones is 1. The van der Waals surface area contributed by atoms with E-state index in [1.807, 2.05) is 39.8 Å². The molecule has 1 rings (SSSR count). The number of rotatable bonds is 4. The van der Waals surface area contributed by atoms with Gasteiger partial charge in [-0.2, -0.15) is 0 Å². The molecule has 0 heterocycles. The number of nitrogens with one attached hydrogen (secondary N) is 1. The monoisotopic (exact) mass is 253 g/mol. The van der Waals surface area contributed by atoms with Crippen molar-refractivity contribution < 1.29 is 14.3 Å². The summed E-state index contributed by atoms with van der Waals surface area (Å²) in [6.45, 7) is 7.47. The molecule has 0 bridgehead atoms. The van der Waals surface area contributed by atoms with Gasteiger partial charge < -0.3 is 10.1 Å². The summed E-state index contributed by atoms with van der Waals surface area (Å²) in [7, 11) is 0. The van der Waals surface area contributed by atoms with Gasteiger partial charge in [0.15, 0.2) is 0 Å². The quantitative estimate of drug-likeness (QED) is 0.784. The Kier molecular flexibility index (Phi) is 4.93. The van der Waals surface area contributed by atoms with Crippen LogP contribution >= 0.6 is 0 Å². The Balaban J connectivity index is 2.38. The van der Waals surface area contributed by atoms with Crippen LogP contribution in [0.4, 0.5) is 4.79 Å². The third kappa shape index (κ3) is 4.90. The van der Waals surface area contributed by atoms with Crippen LogP contribution in [0.25, 0.3) is 0 Å². The summed E-state index contributed by atoms with van der Waals surface area (Å²) in [5.74, 6) is 0.201. The van der Waals surface area contributed by atoms with E-state index in [2.05, 4.69) is 5.32 Å². The molecule has 0 radical (unpaired) electrons. The molecule has 2 atom stereocenters. The largest absolute Gasteiger partial charge is 0.444 e. The van der Waals surface area contributed by atoms with Crippen molar-refractivity contribution in [2.45, 2.75) is 58.6 Å². The van der Waals surface area contributed by atoms with Crippen LogP contribution in [0.5, 0.6) is 0 Å². The van der Waals surface area contributed by atoms with Crippen LogP contribution in [0.3, 0.4) is 0 Å². The van der Waals surface area contributed by atoms with Gasteiger partial charge in [0, 0.05) is 12.3 Å². The number of amides is 1. The van der Waals surface area contributed by atoms with E-state index in [-0.39, 0.29) is 17.7 Å². The summed E-state index contributed by atoms with van der Waals surface area (Å²) in [6, 6.07) is -0.0920. The molecule has 0 aromatic carbocycles. The highest BCUT2D eigenvalue weighted by Gasteiger charge is 2.26. The van der Waals surface area contributed by atoms with E-state index >= 15 is 0 Å². The molecule has 102 valence electrons. The van der Waals surface area contributed by atoms with Crippen LogP contribution in [0.15, 0.2) is 12.2 Å². The molecule has 0 aromatic heterocycles. The Morgan fingerprint density at radius 2 is 2.00 bits per heavy atom. The number of allylic oxidation sites excluding steroid dienone is 1. The molecule has 0 aromatic rings. The van der Waals surface area contributed by atoms with Crippen molar-refractivity contribution >= 4 is 11.9 Å². The van der Waals surface area contributed by atoms with Crippen LogP contribution in [0, 0.1) is 5.92 Å². The van der Waals surface area contributed by atoms with Gasteiger partial charge in [0.25, 0.3) is 0 Å². The van der Waals surface area contributed by atoms with E-state index < -0.39 is 11.7 Å². The molecule has 0 fully saturated rings. The van der Waals surface area contributed by atoms with Gasteiger partial charge in [0.05, 0.1) is 6.04 Å². The van der Waals surface area contributed by atoms with E-state index in [9.17, 15) is 9.59 Å². The highest BCUT2D eigenvalue weighted by molar-refractivity contribution is 5.83. The molecular weight excluding hydrogens is 230 g/mol. The van der Waals surface area contributed by atoms with Gasteiger partial charge in [-0.25, -0.2) is 4.79 Å². The lowest BCUT2D eigenvalue weighted by Crippen LogP contribution is -2.38. The second-order valence-electron chi connectivity index (χ2n) is 5.70. The third-order valence-corrected chi connectivity index (χ3v) is 2.70.